The summed E-state index contributed by atoms with van der Waals surface area (Å²) in [6.45, 7) is 3.89. The second-order valence-electron chi connectivity index (χ2n) is 5.88. The number of hydrogen-bond donors (Lipinski definition) is 1. The molecule has 1 aliphatic heterocycles. The second-order valence-corrected chi connectivity index (χ2v) is 5.88. The van der Waals surface area contributed by atoms with Crippen LogP contribution in [-0.2, 0) is 11.2 Å². The zero-order chi connectivity index (χ0) is 14.1. The van der Waals surface area contributed by atoms with E-state index >= 15 is 0 Å². The first kappa shape index (κ1) is 12.0. The van der Waals surface area contributed by atoms with E-state index in [1.807, 2.05) is 19.1 Å². The van der Waals surface area contributed by atoms with Crippen LogP contribution in [0.15, 0.2) is 23.3 Å². The molecule has 4 rings (SSSR count). The Morgan fingerprint density at radius 3 is 2.70 bits per heavy atom. The van der Waals surface area contributed by atoms with E-state index in [1.54, 1.807) is 6.92 Å². The molecule has 1 heterocycles. The fourth-order valence-electron chi connectivity index (χ4n) is 3.70. The molecule has 1 aromatic rings. The van der Waals surface area contributed by atoms with Crippen molar-refractivity contribution in [2.45, 2.75) is 38.2 Å². The number of benzene rings is 1. The highest BCUT2D eigenvalue weighted by molar-refractivity contribution is 6.05. The number of aliphatic hydroxyl groups is 1. The van der Waals surface area contributed by atoms with Crippen molar-refractivity contribution >= 4 is 5.78 Å². The first-order valence-electron chi connectivity index (χ1n) is 6.89. The molecule has 1 N–H and O–H groups in total. The molecule has 0 radical (unpaired) electrons. The topological polar surface area (TPSA) is 55.8 Å². The van der Waals surface area contributed by atoms with Crippen LogP contribution < -0.4 is 9.47 Å². The molecule has 0 amide bonds. The monoisotopic (exact) mass is 272 g/mol. The molecule has 104 valence electrons. The van der Waals surface area contributed by atoms with Crippen LogP contribution >= 0.6 is 0 Å². The average Bonchev–Trinajstić information content (AvgIpc) is 2.95. The van der Waals surface area contributed by atoms with Gasteiger partial charge in [-0.05, 0) is 61.1 Å². The number of carbonyl (C=O) groups is 1. The minimum Gasteiger partial charge on any atom is -0.454 e. The molecular weight excluding hydrogens is 256 g/mol. The van der Waals surface area contributed by atoms with Gasteiger partial charge in [0.2, 0.25) is 6.79 Å². The van der Waals surface area contributed by atoms with E-state index in [4.69, 9.17) is 9.47 Å². The number of fused-ring (bicyclic) bond motifs is 4. The second kappa shape index (κ2) is 3.64. The van der Waals surface area contributed by atoms with E-state index in [1.165, 1.54) is 0 Å². The van der Waals surface area contributed by atoms with Gasteiger partial charge >= 0.3 is 0 Å². The van der Waals surface area contributed by atoms with Gasteiger partial charge < -0.3 is 14.6 Å². The molecule has 20 heavy (non-hydrogen) atoms. The van der Waals surface area contributed by atoms with Crippen molar-refractivity contribution in [1.82, 2.24) is 0 Å². The highest BCUT2D eigenvalue weighted by Crippen LogP contribution is 2.52. The standard InChI is InChI=1S/C16H16O4/c1-8-9(2)16(18)4-3-10-5-12-13(20-7-19-12)6-11(10)14(16)15(8)17/h5-6,14,18H,3-4,7H2,1-2H3/t14-,16-/m0/s1. The normalized spacial score (nSPS) is 30.6. The Kier molecular flexibility index (Phi) is 2.18. The van der Waals surface area contributed by atoms with Crippen LogP contribution in [0.1, 0.15) is 37.3 Å². The summed E-state index contributed by atoms with van der Waals surface area (Å²) in [6, 6.07) is 3.82. The third-order valence-corrected chi connectivity index (χ3v) is 5.04. The Bertz CT molecular complexity index is 673. The maximum Gasteiger partial charge on any atom is 0.231 e. The van der Waals surface area contributed by atoms with Crippen molar-refractivity contribution < 1.29 is 19.4 Å². The first-order chi connectivity index (χ1) is 9.52. The lowest BCUT2D eigenvalue weighted by molar-refractivity contribution is -0.120. The molecule has 0 bridgehead atoms. The SMILES string of the molecule is CC1=C(C)[C@@]2(O)CCc3cc4c(cc3[C@H]2C1=O)OCO4. The van der Waals surface area contributed by atoms with Crippen molar-refractivity contribution in [3.8, 4) is 11.5 Å². The molecule has 0 aromatic heterocycles. The van der Waals surface area contributed by atoms with Crippen LogP contribution in [0, 0.1) is 0 Å². The molecule has 0 saturated heterocycles. The molecule has 0 fully saturated rings. The number of carbonyl (C=O) groups excluding carboxylic acids is 1. The molecule has 3 aliphatic rings. The van der Waals surface area contributed by atoms with Crippen molar-refractivity contribution in [2.24, 2.45) is 0 Å². The minimum absolute atomic E-state index is 0.0322. The van der Waals surface area contributed by atoms with Crippen LogP contribution in [0.5, 0.6) is 11.5 Å². The molecule has 0 saturated carbocycles. The van der Waals surface area contributed by atoms with Gasteiger partial charge in [0.1, 0.15) is 5.60 Å². The third-order valence-electron chi connectivity index (χ3n) is 5.04. The Hall–Kier alpha value is -1.81. The zero-order valence-electron chi connectivity index (χ0n) is 11.5. The fraction of sp³-hybridized carbons (Fsp3) is 0.438. The van der Waals surface area contributed by atoms with E-state index in [0.717, 1.165) is 28.9 Å². The smallest absolute Gasteiger partial charge is 0.231 e. The van der Waals surface area contributed by atoms with Crippen LogP contribution in [0.4, 0.5) is 0 Å². The first-order valence-corrected chi connectivity index (χ1v) is 6.89. The van der Waals surface area contributed by atoms with E-state index < -0.39 is 11.5 Å². The number of ether oxygens (including phenoxy) is 2. The van der Waals surface area contributed by atoms with Crippen molar-refractivity contribution in [3.05, 3.63) is 34.4 Å². The van der Waals surface area contributed by atoms with Gasteiger partial charge in [0, 0.05) is 0 Å². The van der Waals surface area contributed by atoms with Gasteiger partial charge in [-0.25, -0.2) is 0 Å². The van der Waals surface area contributed by atoms with E-state index in [0.29, 0.717) is 17.7 Å². The third kappa shape index (κ3) is 1.27. The lowest BCUT2D eigenvalue weighted by Gasteiger charge is -2.37. The van der Waals surface area contributed by atoms with Crippen molar-refractivity contribution in [2.75, 3.05) is 6.79 Å². The van der Waals surface area contributed by atoms with Crippen LogP contribution in [0.2, 0.25) is 0 Å². The Labute approximate surface area is 117 Å². The average molecular weight is 272 g/mol. The molecule has 1 aromatic carbocycles. The van der Waals surface area contributed by atoms with E-state index in [2.05, 4.69) is 0 Å². The van der Waals surface area contributed by atoms with Gasteiger partial charge in [-0.1, -0.05) is 0 Å². The largest absolute Gasteiger partial charge is 0.454 e. The van der Waals surface area contributed by atoms with Gasteiger partial charge in [0.05, 0.1) is 5.92 Å². The number of rotatable bonds is 0. The number of Topliss-reactive ketones (excluding diaryl/α,β-unsaturated/α-hetero) is 1. The van der Waals surface area contributed by atoms with Crippen LogP contribution in [0.25, 0.3) is 0 Å². The van der Waals surface area contributed by atoms with Gasteiger partial charge in [-0.3, -0.25) is 4.79 Å². The number of hydrogen-bond acceptors (Lipinski definition) is 4. The molecule has 4 heteroatoms. The Morgan fingerprint density at radius 1 is 1.25 bits per heavy atom. The summed E-state index contributed by atoms with van der Waals surface area (Å²) in [4.78, 5) is 12.5. The summed E-state index contributed by atoms with van der Waals surface area (Å²) in [5, 5.41) is 11.0. The Balaban J connectivity index is 1.91. The van der Waals surface area contributed by atoms with Gasteiger partial charge in [0.15, 0.2) is 17.3 Å². The van der Waals surface area contributed by atoms with Gasteiger partial charge in [0.25, 0.3) is 0 Å². The van der Waals surface area contributed by atoms with Gasteiger partial charge in [-0.2, -0.15) is 0 Å². The summed E-state index contributed by atoms with van der Waals surface area (Å²) >= 11 is 0. The fourth-order valence-corrected chi connectivity index (χ4v) is 3.70. The molecule has 0 spiro atoms. The predicted octanol–water partition coefficient (Wildman–Crippen LogP) is 2.10. The summed E-state index contributed by atoms with van der Waals surface area (Å²) in [5.41, 5.74) is 2.46. The van der Waals surface area contributed by atoms with Gasteiger partial charge in [-0.15, -0.1) is 0 Å². The lowest BCUT2D eigenvalue weighted by Crippen LogP contribution is -2.40. The number of ketones is 1. The van der Waals surface area contributed by atoms with Crippen molar-refractivity contribution in [1.29, 1.82) is 0 Å². The zero-order valence-corrected chi connectivity index (χ0v) is 11.5. The molecular formula is C16H16O4. The highest BCUT2D eigenvalue weighted by Gasteiger charge is 2.53. The lowest BCUT2D eigenvalue weighted by atomic mass is 9.71. The molecule has 2 aliphatic carbocycles. The van der Waals surface area contributed by atoms with Crippen LogP contribution in [-0.4, -0.2) is 23.3 Å². The summed E-state index contributed by atoms with van der Waals surface area (Å²) in [6.07, 6.45) is 1.33. The quantitative estimate of drug-likeness (QED) is 0.785. The maximum atomic E-state index is 12.5. The van der Waals surface area contributed by atoms with Crippen molar-refractivity contribution in [3.63, 3.8) is 0 Å². The predicted molar refractivity (Wildman–Crippen MR) is 72.0 cm³/mol. The summed E-state index contributed by atoms with van der Waals surface area (Å²) < 4.78 is 10.8. The number of aryl methyl sites for hydroxylation is 1. The molecule has 2 atom stereocenters. The van der Waals surface area contributed by atoms with Crippen LogP contribution in [0.3, 0.4) is 0 Å². The molecule has 0 unspecified atom stereocenters. The Morgan fingerprint density at radius 2 is 1.95 bits per heavy atom. The summed E-state index contributed by atoms with van der Waals surface area (Å²) in [5.74, 6) is 0.953. The maximum absolute atomic E-state index is 12.5. The van der Waals surface area contributed by atoms with E-state index in [9.17, 15) is 9.90 Å². The van der Waals surface area contributed by atoms with E-state index in [-0.39, 0.29) is 12.6 Å². The molecule has 4 nitrogen and oxygen atoms in total. The number of allylic oxidation sites excluding steroid dienone is 1. The highest BCUT2D eigenvalue weighted by atomic mass is 16.7. The minimum atomic E-state index is -1.03. The summed E-state index contributed by atoms with van der Waals surface area (Å²) in [7, 11) is 0.